The zero-order chi connectivity index (χ0) is 47.4. The highest BCUT2D eigenvalue weighted by Crippen LogP contribution is 2.68. The maximum atomic E-state index is 15.3. The number of aromatic nitrogens is 3. The topological polar surface area (TPSA) is 202 Å². The number of aliphatic hydroxyl groups is 3. The van der Waals surface area contributed by atoms with E-state index < -0.39 is 82.9 Å². The lowest BCUT2D eigenvalue weighted by molar-refractivity contribution is -0.373. The van der Waals surface area contributed by atoms with Crippen LogP contribution in [0.4, 0.5) is 5.95 Å². The number of nitrogens with one attached hydrogen (secondary N) is 1. The number of esters is 1. The minimum Gasteiger partial charge on any atom is -0.482 e. The second kappa shape index (κ2) is 16.4. The smallest absolute Gasteiger partial charge is 0.333 e. The van der Waals surface area contributed by atoms with Gasteiger partial charge in [0.05, 0.1) is 36.6 Å². The lowest BCUT2D eigenvalue weighted by Crippen LogP contribution is -2.78. The maximum Gasteiger partial charge on any atom is 0.333 e. The first kappa shape index (κ1) is 46.3. The van der Waals surface area contributed by atoms with Gasteiger partial charge < -0.3 is 53.8 Å². The number of aliphatic hydroxyl groups excluding tert-OH is 2. The van der Waals surface area contributed by atoms with Crippen molar-refractivity contribution in [2.75, 3.05) is 19.0 Å². The highest BCUT2D eigenvalue weighted by molar-refractivity contribution is 6.01. The van der Waals surface area contributed by atoms with Gasteiger partial charge in [-0.1, -0.05) is 43.2 Å². The summed E-state index contributed by atoms with van der Waals surface area (Å²) in [5.74, 6) is -2.20. The number of ether oxygens (including phenoxy) is 7. The van der Waals surface area contributed by atoms with Gasteiger partial charge in [-0.2, -0.15) is 0 Å². The zero-order valence-corrected chi connectivity index (χ0v) is 39.8. The van der Waals surface area contributed by atoms with Crippen LogP contribution in [0.5, 0.6) is 17.2 Å². The summed E-state index contributed by atoms with van der Waals surface area (Å²) in [5, 5.41) is 45.5. The average Bonchev–Trinajstić information content (AvgIpc) is 3.65. The minimum atomic E-state index is -2.20. The Hall–Kier alpha value is -4.84. The van der Waals surface area contributed by atoms with Gasteiger partial charge in [-0.3, -0.25) is 4.79 Å². The molecule has 1 aromatic carbocycles. The number of nitrogens with zero attached hydrogens (tertiary/aromatic N) is 3. The molecule has 11 atom stereocenters. The van der Waals surface area contributed by atoms with Gasteiger partial charge in [0, 0.05) is 35.0 Å². The highest BCUT2D eigenvalue weighted by atomic mass is 16.8. The first-order valence-electron chi connectivity index (χ1n) is 23.2. The molecular weight excluding hydrogens is 849 g/mol. The number of rotatable bonds is 11. The molecule has 4 bridgehead atoms. The predicted molar refractivity (Wildman–Crippen MR) is 242 cm³/mol. The normalized spacial score (nSPS) is 34.4. The fraction of sp³-hybridized carbons (Fsp3) is 0.600. The van der Waals surface area contributed by atoms with Gasteiger partial charge in [0.15, 0.2) is 22.8 Å². The second-order valence-corrected chi connectivity index (χ2v) is 20.5. The van der Waals surface area contributed by atoms with E-state index in [1.807, 2.05) is 32.9 Å². The Bertz CT molecular complexity index is 2490. The third kappa shape index (κ3) is 7.25. The van der Waals surface area contributed by atoms with Gasteiger partial charge in [0.1, 0.15) is 53.6 Å². The minimum absolute atomic E-state index is 0.0680. The zero-order valence-electron chi connectivity index (χ0n) is 39.8. The summed E-state index contributed by atoms with van der Waals surface area (Å²) in [6, 6.07) is -0.743. The number of allylic oxidation sites excluding steroid dienone is 4. The number of carbonyl (C=O) groups excluding carboxylic acids is 2. The van der Waals surface area contributed by atoms with Crippen molar-refractivity contribution in [1.29, 1.82) is 0 Å². The van der Waals surface area contributed by atoms with E-state index in [-0.39, 0.29) is 42.0 Å². The molecule has 16 nitrogen and oxygen atoms in total. The molecule has 6 unspecified atom stereocenters. The van der Waals surface area contributed by atoms with E-state index in [4.69, 9.17) is 38.3 Å². The summed E-state index contributed by atoms with van der Waals surface area (Å²) in [5.41, 5.74) is 0.325. The predicted octanol–water partition coefficient (Wildman–Crippen LogP) is 6.30. The molecular formula is C50H64N4O12. The van der Waals surface area contributed by atoms with Crippen LogP contribution in [0.3, 0.4) is 0 Å². The molecule has 2 aromatic rings. The summed E-state index contributed by atoms with van der Waals surface area (Å²) in [4.78, 5) is 32.7. The molecule has 16 heteroatoms. The van der Waals surface area contributed by atoms with Gasteiger partial charge in [0.25, 0.3) is 0 Å². The van der Waals surface area contributed by atoms with Crippen molar-refractivity contribution in [2.24, 2.45) is 17.8 Å². The van der Waals surface area contributed by atoms with E-state index >= 15 is 4.79 Å². The number of benzene rings is 1. The third-order valence-corrected chi connectivity index (χ3v) is 14.5. The number of ketones is 1. The molecule has 8 aliphatic rings. The van der Waals surface area contributed by atoms with E-state index in [9.17, 15) is 20.1 Å². The summed E-state index contributed by atoms with van der Waals surface area (Å²) in [6.07, 6.45) is 7.01. The van der Waals surface area contributed by atoms with Crippen molar-refractivity contribution in [3.63, 3.8) is 0 Å². The number of carbonyl (C=O) groups is 2. The summed E-state index contributed by atoms with van der Waals surface area (Å²) in [6.45, 7) is 19.4. The molecule has 1 spiro atoms. The number of fused-ring (bicyclic) bond motifs is 8. The SMILES string of the molecule is COC(=O)/C(C)=C\CC1(O)C(=O)C2CC(C(C)C)C13Oc1c(CC=C(C)C)c4c(c(O[C@@H]5O[C@@H]6COC(C)(C)O[C@H]6[C@H](O)[C@H]5O)c1C1=C3C2n2cnc(n2)N1)C=CC(C)(CCC=C(C)C)O4. The van der Waals surface area contributed by atoms with Crippen LogP contribution in [-0.2, 0) is 35.0 Å². The molecule has 3 aliphatic carbocycles. The number of hydrogen-bond donors (Lipinski definition) is 4. The van der Waals surface area contributed by atoms with Crippen molar-refractivity contribution in [3.05, 3.63) is 69.6 Å². The van der Waals surface area contributed by atoms with Gasteiger partial charge in [0.2, 0.25) is 12.2 Å². The summed E-state index contributed by atoms with van der Waals surface area (Å²) < 4.78 is 47.1. The molecule has 10 rings (SSSR count). The Labute approximate surface area is 385 Å². The van der Waals surface area contributed by atoms with Crippen molar-refractivity contribution < 1.29 is 58.1 Å². The number of Topliss-reactive ketones (excluding diaryl/α,β-unsaturated/α-hetero) is 1. The number of hydrogen-bond acceptors (Lipinski definition) is 15. The first-order chi connectivity index (χ1) is 31.1. The van der Waals surface area contributed by atoms with Crippen molar-refractivity contribution >= 4 is 29.5 Å². The van der Waals surface area contributed by atoms with E-state index in [1.165, 1.54) is 12.7 Å². The lowest BCUT2D eigenvalue weighted by atomic mass is 9.46. The molecule has 66 heavy (non-hydrogen) atoms. The molecule has 0 amide bonds. The molecule has 356 valence electrons. The Morgan fingerprint density at radius 1 is 1.05 bits per heavy atom. The molecule has 5 aliphatic heterocycles. The van der Waals surface area contributed by atoms with Crippen LogP contribution in [0.25, 0.3) is 11.8 Å². The second-order valence-electron chi connectivity index (χ2n) is 20.5. The Morgan fingerprint density at radius 3 is 2.48 bits per heavy atom. The molecule has 0 radical (unpaired) electrons. The standard InChI is InChI=1S/C50H64N4O12/c1-24(2)13-12-18-48(10)19-17-29-39(65-48)28(15-14-25(3)4)41-33(40(29)63-45-38(56)37(55)42-32(62-45)22-61-47(8,9)64-42)35-34-36(54-23-51-46(52-35)53-54)30-21-31(26(5)6)50(34,66-41)49(59,43(30)57)20-16-27(7)44(58)60-11/h13-14,16-17,19,23,26,30-32,36-38,42,45,55-56,59H,12,15,18,20-22H2,1-11H3,(H,52,53)/b27-16-/t30?,31?,32-,36?,37-,38-,42-,45+,48?,49?,50?/m1/s1. The lowest BCUT2D eigenvalue weighted by Gasteiger charge is -2.64. The van der Waals surface area contributed by atoms with Crippen molar-refractivity contribution in [2.45, 2.75) is 161 Å². The summed E-state index contributed by atoms with van der Waals surface area (Å²) in [7, 11) is 1.29. The third-order valence-electron chi connectivity index (χ3n) is 14.5. The van der Waals surface area contributed by atoms with Crippen LogP contribution in [0.1, 0.15) is 118 Å². The van der Waals surface area contributed by atoms with Gasteiger partial charge in [-0.25, -0.2) is 14.5 Å². The Balaban J connectivity index is 1.33. The molecule has 6 heterocycles. The quantitative estimate of drug-likeness (QED) is 0.111. The maximum absolute atomic E-state index is 15.3. The molecule has 3 saturated carbocycles. The Kier molecular flexibility index (Phi) is 11.5. The van der Waals surface area contributed by atoms with Gasteiger partial charge >= 0.3 is 5.97 Å². The fourth-order valence-corrected chi connectivity index (χ4v) is 11.2. The highest BCUT2D eigenvalue weighted by Gasteiger charge is 2.76. The van der Waals surface area contributed by atoms with Crippen LogP contribution in [0, 0.1) is 17.8 Å². The van der Waals surface area contributed by atoms with E-state index in [2.05, 4.69) is 50.1 Å². The summed E-state index contributed by atoms with van der Waals surface area (Å²) >= 11 is 0. The number of anilines is 1. The largest absolute Gasteiger partial charge is 0.482 e. The van der Waals surface area contributed by atoms with E-state index in [1.54, 1.807) is 37.9 Å². The molecule has 4 N–H and O–H groups in total. The van der Waals surface area contributed by atoms with Crippen LogP contribution in [-0.4, -0.2) is 109 Å². The molecule has 2 saturated heterocycles. The monoisotopic (exact) mass is 912 g/mol. The van der Waals surface area contributed by atoms with Crippen LogP contribution in [0.15, 0.2) is 52.9 Å². The van der Waals surface area contributed by atoms with E-state index in [0.717, 1.165) is 12.0 Å². The van der Waals surface area contributed by atoms with Crippen molar-refractivity contribution in [1.82, 2.24) is 14.8 Å². The van der Waals surface area contributed by atoms with E-state index in [0.29, 0.717) is 53.0 Å². The van der Waals surface area contributed by atoms with Gasteiger partial charge in [-0.05, 0) is 99.1 Å². The number of methoxy groups -OCH3 is 1. The van der Waals surface area contributed by atoms with Crippen LogP contribution in [0.2, 0.25) is 0 Å². The average molecular weight is 913 g/mol. The van der Waals surface area contributed by atoms with Crippen LogP contribution < -0.4 is 19.5 Å². The first-order valence-corrected chi connectivity index (χ1v) is 23.2. The molecule has 1 aromatic heterocycles. The van der Waals surface area contributed by atoms with Crippen molar-refractivity contribution in [3.8, 4) is 17.2 Å². The molecule has 5 fully saturated rings. The fourth-order valence-electron chi connectivity index (χ4n) is 11.2. The van der Waals surface area contributed by atoms with Crippen LogP contribution >= 0.6 is 0 Å². The Morgan fingerprint density at radius 2 is 1.79 bits per heavy atom. The van der Waals surface area contributed by atoms with Gasteiger partial charge in [-0.15, -0.1) is 5.10 Å².